The number of aromatic nitrogens is 1. The van der Waals surface area contributed by atoms with Crippen molar-refractivity contribution in [1.29, 1.82) is 0 Å². The van der Waals surface area contributed by atoms with Gasteiger partial charge in [0.25, 0.3) is 0 Å². The van der Waals surface area contributed by atoms with Crippen molar-refractivity contribution in [3.63, 3.8) is 0 Å². The van der Waals surface area contributed by atoms with Crippen molar-refractivity contribution < 1.29 is 10.2 Å². The zero-order chi connectivity index (χ0) is 13.2. The summed E-state index contributed by atoms with van der Waals surface area (Å²) in [5, 5.41) is 19.2. The Morgan fingerprint density at radius 3 is 2.41 bits per heavy atom. The smallest absolute Gasteiger partial charge is 0.134 e. The molecule has 4 nitrogen and oxygen atoms in total. The SMILES string of the molecule is Cc1cc(C)c(CO)c(N(C)CC(C)(C)O)n1. The van der Waals surface area contributed by atoms with Crippen LogP contribution in [-0.4, -0.2) is 34.4 Å². The van der Waals surface area contributed by atoms with E-state index in [-0.39, 0.29) is 6.61 Å². The minimum atomic E-state index is -0.791. The molecule has 1 aromatic heterocycles. The average molecular weight is 238 g/mol. The third-order valence-corrected chi connectivity index (χ3v) is 2.60. The zero-order valence-corrected chi connectivity index (χ0v) is 11.3. The lowest BCUT2D eigenvalue weighted by Crippen LogP contribution is -2.37. The molecular weight excluding hydrogens is 216 g/mol. The Hall–Kier alpha value is -1.13. The largest absolute Gasteiger partial charge is 0.392 e. The highest BCUT2D eigenvalue weighted by atomic mass is 16.3. The van der Waals surface area contributed by atoms with Crippen LogP contribution in [0.25, 0.3) is 0 Å². The minimum absolute atomic E-state index is 0.0371. The van der Waals surface area contributed by atoms with Crippen LogP contribution in [0.5, 0.6) is 0 Å². The molecule has 0 aliphatic heterocycles. The molecule has 0 aliphatic carbocycles. The summed E-state index contributed by atoms with van der Waals surface area (Å²) in [6.07, 6.45) is 0. The molecule has 0 spiro atoms. The molecule has 0 aromatic carbocycles. The molecule has 1 rings (SSSR count). The molecule has 0 bridgehead atoms. The maximum atomic E-state index is 9.82. The van der Waals surface area contributed by atoms with Gasteiger partial charge in [-0.2, -0.15) is 0 Å². The summed E-state index contributed by atoms with van der Waals surface area (Å²) in [4.78, 5) is 6.32. The van der Waals surface area contributed by atoms with E-state index in [4.69, 9.17) is 0 Å². The fraction of sp³-hybridized carbons (Fsp3) is 0.615. The van der Waals surface area contributed by atoms with Gasteiger partial charge in [0.1, 0.15) is 5.82 Å². The second-order valence-corrected chi connectivity index (χ2v) is 5.21. The highest BCUT2D eigenvalue weighted by Crippen LogP contribution is 2.22. The van der Waals surface area contributed by atoms with Gasteiger partial charge in [0.05, 0.1) is 12.2 Å². The molecular formula is C13H22N2O2. The lowest BCUT2D eigenvalue weighted by Gasteiger charge is -2.28. The summed E-state index contributed by atoms with van der Waals surface area (Å²) in [5.41, 5.74) is 1.97. The lowest BCUT2D eigenvalue weighted by atomic mass is 10.1. The molecule has 0 saturated carbocycles. The van der Waals surface area contributed by atoms with Gasteiger partial charge >= 0.3 is 0 Å². The van der Waals surface area contributed by atoms with Crippen molar-refractivity contribution in [2.75, 3.05) is 18.5 Å². The number of aliphatic hydroxyl groups is 2. The first kappa shape index (κ1) is 13.9. The maximum Gasteiger partial charge on any atom is 0.134 e. The van der Waals surface area contributed by atoms with Gasteiger partial charge in [-0.05, 0) is 39.3 Å². The van der Waals surface area contributed by atoms with Crippen LogP contribution in [0.4, 0.5) is 5.82 Å². The third kappa shape index (κ3) is 3.68. The first-order valence-electron chi connectivity index (χ1n) is 5.76. The molecule has 1 aromatic rings. The Kier molecular flexibility index (Phi) is 4.11. The fourth-order valence-corrected chi connectivity index (χ4v) is 2.01. The maximum absolute atomic E-state index is 9.82. The number of pyridine rings is 1. The lowest BCUT2D eigenvalue weighted by molar-refractivity contribution is 0.0883. The van der Waals surface area contributed by atoms with Gasteiger partial charge in [0.15, 0.2) is 0 Å². The number of hydrogen-bond donors (Lipinski definition) is 2. The van der Waals surface area contributed by atoms with E-state index < -0.39 is 5.60 Å². The van der Waals surface area contributed by atoms with E-state index in [0.29, 0.717) is 6.54 Å². The molecule has 1 heterocycles. The highest BCUT2D eigenvalue weighted by Gasteiger charge is 2.19. The van der Waals surface area contributed by atoms with E-state index in [9.17, 15) is 10.2 Å². The van der Waals surface area contributed by atoms with Crippen LogP contribution in [-0.2, 0) is 6.61 Å². The number of aliphatic hydroxyl groups excluding tert-OH is 1. The summed E-state index contributed by atoms with van der Waals surface area (Å²) < 4.78 is 0. The van der Waals surface area contributed by atoms with E-state index in [1.165, 1.54) is 0 Å². The molecule has 4 heteroatoms. The molecule has 0 unspecified atom stereocenters. The Bertz CT molecular complexity index is 397. The first-order chi connectivity index (χ1) is 7.74. The number of hydrogen-bond acceptors (Lipinski definition) is 4. The molecule has 96 valence electrons. The topological polar surface area (TPSA) is 56.6 Å². The van der Waals surface area contributed by atoms with Crippen molar-refractivity contribution in [2.45, 2.75) is 39.9 Å². The van der Waals surface area contributed by atoms with Crippen molar-refractivity contribution >= 4 is 5.82 Å². The van der Waals surface area contributed by atoms with Gasteiger partial charge in [-0.1, -0.05) is 0 Å². The summed E-state index contributed by atoms with van der Waals surface area (Å²) >= 11 is 0. The molecule has 0 aliphatic rings. The number of aryl methyl sites for hydroxylation is 2. The van der Waals surface area contributed by atoms with Crippen LogP contribution in [0.2, 0.25) is 0 Å². The van der Waals surface area contributed by atoms with Gasteiger partial charge in [0, 0.05) is 24.8 Å². The molecule has 0 saturated heterocycles. The molecule has 0 amide bonds. The number of nitrogens with zero attached hydrogens (tertiary/aromatic N) is 2. The standard InChI is InChI=1S/C13H22N2O2/c1-9-6-10(2)14-12(11(9)7-16)15(5)8-13(3,4)17/h6,16-17H,7-8H2,1-5H3. The average Bonchev–Trinajstić information content (AvgIpc) is 2.13. The Morgan fingerprint density at radius 1 is 1.35 bits per heavy atom. The van der Waals surface area contributed by atoms with Crippen molar-refractivity contribution in [2.24, 2.45) is 0 Å². The van der Waals surface area contributed by atoms with E-state index in [0.717, 1.165) is 22.6 Å². The van der Waals surface area contributed by atoms with Crippen LogP contribution >= 0.6 is 0 Å². The summed E-state index contributed by atoms with van der Waals surface area (Å²) in [6, 6.07) is 1.95. The van der Waals surface area contributed by atoms with Crippen molar-refractivity contribution in [3.8, 4) is 0 Å². The Balaban J connectivity index is 3.11. The van der Waals surface area contributed by atoms with Gasteiger partial charge < -0.3 is 15.1 Å². The van der Waals surface area contributed by atoms with Gasteiger partial charge in [-0.15, -0.1) is 0 Å². The number of anilines is 1. The van der Waals surface area contributed by atoms with E-state index in [2.05, 4.69) is 4.98 Å². The van der Waals surface area contributed by atoms with Crippen LogP contribution in [0, 0.1) is 13.8 Å². The normalized spacial score (nSPS) is 11.7. The number of rotatable bonds is 4. The molecule has 0 radical (unpaired) electrons. The quantitative estimate of drug-likeness (QED) is 0.832. The summed E-state index contributed by atoms with van der Waals surface area (Å²) in [5.74, 6) is 0.743. The Labute approximate surface area is 103 Å². The second kappa shape index (κ2) is 5.02. The zero-order valence-electron chi connectivity index (χ0n) is 11.3. The van der Waals surface area contributed by atoms with Gasteiger partial charge in [0.2, 0.25) is 0 Å². The van der Waals surface area contributed by atoms with Crippen LogP contribution in [0.1, 0.15) is 30.7 Å². The van der Waals surface area contributed by atoms with Gasteiger partial charge in [-0.25, -0.2) is 4.98 Å². The Morgan fingerprint density at radius 2 is 1.94 bits per heavy atom. The predicted octanol–water partition coefficient (Wildman–Crippen LogP) is 1.40. The fourth-order valence-electron chi connectivity index (χ4n) is 2.01. The van der Waals surface area contributed by atoms with E-state index in [1.54, 1.807) is 13.8 Å². The minimum Gasteiger partial charge on any atom is -0.392 e. The molecule has 0 atom stereocenters. The van der Waals surface area contributed by atoms with Crippen molar-refractivity contribution in [3.05, 3.63) is 22.9 Å². The highest BCUT2D eigenvalue weighted by molar-refractivity contribution is 5.51. The molecule has 0 fully saturated rings. The third-order valence-electron chi connectivity index (χ3n) is 2.60. The summed E-state index contributed by atoms with van der Waals surface area (Å²) in [6.45, 7) is 7.83. The predicted molar refractivity (Wildman–Crippen MR) is 69.2 cm³/mol. The second-order valence-electron chi connectivity index (χ2n) is 5.21. The van der Waals surface area contributed by atoms with Crippen LogP contribution < -0.4 is 4.90 Å². The van der Waals surface area contributed by atoms with E-state index >= 15 is 0 Å². The van der Waals surface area contributed by atoms with Crippen LogP contribution in [0.15, 0.2) is 6.07 Å². The monoisotopic (exact) mass is 238 g/mol. The van der Waals surface area contributed by atoms with Gasteiger partial charge in [-0.3, -0.25) is 0 Å². The first-order valence-corrected chi connectivity index (χ1v) is 5.76. The number of likely N-dealkylation sites (N-methyl/N-ethyl adjacent to an activating group) is 1. The molecule has 2 N–H and O–H groups in total. The summed E-state index contributed by atoms with van der Waals surface area (Å²) in [7, 11) is 1.87. The van der Waals surface area contributed by atoms with Crippen molar-refractivity contribution in [1.82, 2.24) is 4.98 Å². The molecule has 17 heavy (non-hydrogen) atoms. The van der Waals surface area contributed by atoms with Crippen LogP contribution in [0.3, 0.4) is 0 Å². The van der Waals surface area contributed by atoms with E-state index in [1.807, 2.05) is 31.9 Å².